The number of halogens is 1. The number of carbonyl (C=O) groups excluding carboxylic acids is 1. The highest BCUT2D eigenvalue weighted by Gasteiger charge is 2.21. The standard InChI is InChI=1S/C22H20FN3O2S/c23-16-10-8-15(9-11-16)20(27)14-29-21-18-6-1-2-7-19(18)26(22(28)25-21)13-17-5-3-4-12-24-17/h3-5,8-12H,1-2,6-7,13-14H2. The molecule has 29 heavy (non-hydrogen) atoms. The lowest BCUT2D eigenvalue weighted by atomic mass is 9.97. The molecule has 148 valence electrons. The molecule has 1 aromatic carbocycles. The van der Waals surface area contributed by atoms with Gasteiger partial charge in [-0.1, -0.05) is 17.8 Å². The van der Waals surface area contributed by atoms with Crippen molar-refractivity contribution < 1.29 is 9.18 Å². The van der Waals surface area contributed by atoms with Crippen LogP contribution in [0.4, 0.5) is 4.39 Å². The van der Waals surface area contributed by atoms with E-state index in [1.54, 1.807) is 10.8 Å². The first kappa shape index (κ1) is 19.5. The predicted octanol–water partition coefficient (Wildman–Crippen LogP) is 3.68. The van der Waals surface area contributed by atoms with Crippen molar-refractivity contribution in [2.45, 2.75) is 37.3 Å². The summed E-state index contributed by atoms with van der Waals surface area (Å²) in [4.78, 5) is 33.8. The van der Waals surface area contributed by atoms with Gasteiger partial charge in [0.05, 0.1) is 18.0 Å². The van der Waals surface area contributed by atoms with Crippen molar-refractivity contribution in [2.75, 3.05) is 5.75 Å². The number of nitrogens with zero attached hydrogens (tertiary/aromatic N) is 3. The molecule has 0 radical (unpaired) electrons. The first-order chi connectivity index (χ1) is 14.1. The van der Waals surface area contributed by atoms with Gasteiger partial charge < -0.3 is 0 Å². The van der Waals surface area contributed by atoms with E-state index in [4.69, 9.17) is 0 Å². The Morgan fingerprint density at radius 3 is 2.66 bits per heavy atom. The Hall–Kier alpha value is -2.80. The molecular weight excluding hydrogens is 389 g/mol. The van der Waals surface area contributed by atoms with Crippen LogP contribution in [0.2, 0.25) is 0 Å². The van der Waals surface area contributed by atoms with E-state index >= 15 is 0 Å². The molecule has 0 unspecified atom stereocenters. The molecule has 7 heteroatoms. The Kier molecular flexibility index (Phi) is 5.85. The van der Waals surface area contributed by atoms with Crippen molar-refractivity contribution in [1.29, 1.82) is 0 Å². The number of Topliss-reactive ketones (excluding diaryl/α,β-unsaturated/α-hetero) is 1. The maximum absolute atomic E-state index is 13.1. The smallest absolute Gasteiger partial charge is 0.293 e. The zero-order chi connectivity index (χ0) is 20.2. The molecular formula is C22H20FN3O2S. The Balaban J connectivity index is 1.59. The number of aromatic nitrogens is 3. The molecule has 0 spiro atoms. The molecule has 0 N–H and O–H groups in total. The van der Waals surface area contributed by atoms with Crippen LogP contribution in [0.5, 0.6) is 0 Å². The number of ketones is 1. The molecule has 0 atom stereocenters. The number of carbonyl (C=O) groups is 1. The summed E-state index contributed by atoms with van der Waals surface area (Å²) in [7, 11) is 0. The second kappa shape index (κ2) is 8.69. The van der Waals surface area contributed by atoms with Crippen molar-refractivity contribution in [2.24, 2.45) is 0 Å². The highest BCUT2D eigenvalue weighted by atomic mass is 32.2. The molecule has 4 rings (SSSR count). The zero-order valence-electron chi connectivity index (χ0n) is 15.8. The van der Waals surface area contributed by atoms with E-state index in [2.05, 4.69) is 9.97 Å². The van der Waals surface area contributed by atoms with Gasteiger partial charge in [-0.25, -0.2) is 9.18 Å². The van der Waals surface area contributed by atoms with Gasteiger partial charge in [-0.15, -0.1) is 0 Å². The van der Waals surface area contributed by atoms with Crippen LogP contribution in [0.3, 0.4) is 0 Å². The third kappa shape index (κ3) is 4.45. The van der Waals surface area contributed by atoms with Gasteiger partial charge in [0.25, 0.3) is 0 Å². The molecule has 3 aromatic rings. The third-order valence-corrected chi connectivity index (χ3v) is 6.02. The summed E-state index contributed by atoms with van der Waals surface area (Å²) in [5.74, 6) is -0.324. The number of pyridine rings is 1. The second-order valence-corrected chi connectivity index (χ2v) is 7.92. The molecule has 1 aliphatic carbocycles. The summed E-state index contributed by atoms with van der Waals surface area (Å²) >= 11 is 1.29. The fourth-order valence-corrected chi connectivity index (χ4v) is 4.51. The zero-order valence-corrected chi connectivity index (χ0v) is 16.6. The fourth-order valence-electron chi connectivity index (χ4n) is 3.54. The van der Waals surface area contributed by atoms with Crippen molar-refractivity contribution in [3.63, 3.8) is 0 Å². The summed E-state index contributed by atoms with van der Waals surface area (Å²) in [6.45, 7) is 0.397. The van der Waals surface area contributed by atoms with Crippen LogP contribution < -0.4 is 5.69 Å². The van der Waals surface area contributed by atoms with Crippen molar-refractivity contribution in [3.8, 4) is 0 Å². The number of hydrogen-bond donors (Lipinski definition) is 0. The lowest BCUT2D eigenvalue weighted by molar-refractivity contribution is 0.102. The Labute approximate surface area is 172 Å². The van der Waals surface area contributed by atoms with Crippen LogP contribution in [0.1, 0.15) is 40.2 Å². The number of benzene rings is 1. The van der Waals surface area contributed by atoms with Crippen molar-refractivity contribution in [3.05, 3.63) is 87.5 Å². The van der Waals surface area contributed by atoms with Crippen molar-refractivity contribution >= 4 is 17.5 Å². The molecule has 2 heterocycles. The summed E-state index contributed by atoms with van der Waals surface area (Å²) in [5.41, 5.74) is 3.02. The summed E-state index contributed by atoms with van der Waals surface area (Å²) in [6.07, 6.45) is 5.44. The number of rotatable bonds is 6. The normalized spacial score (nSPS) is 13.1. The second-order valence-electron chi connectivity index (χ2n) is 6.96. The minimum Gasteiger partial charge on any atom is -0.293 e. The summed E-state index contributed by atoms with van der Waals surface area (Å²) in [6, 6.07) is 11.1. The number of hydrogen-bond acceptors (Lipinski definition) is 5. The van der Waals surface area contributed by atoms with Crippen LogP contribution in [0, 0.1) is 5.82 Å². The van der Waals surface area contributed by atoms with Gasteiger partial charge in [0.1, 0.15) is 10.8 Å². The molecule has 0 saturated heterocycles. The molecule has 1 aliphatic rings. The van der Waals surface area contributed by atoms with Gasteiger partial charge in [-0.05, 0) is 62.1 Å². The third-order valence-electron chi connectivity index (χ3n) is 5.00. The molecule has 0 bridgehead atoms. The average Bonchev–Trinajstić information content (AvgIpc) is 2.75. The average molecular weight is 409 g/mol. The van der Waals surface area contributed by atoms with Crippen LogP contribution in [-0.4, -0.2) is 26.1 Å². The lowest BCUT2D eigenvalue weighted by Crippen LogP contribution is -2.31. The van der Waals surface area contributed by atoms with Crippen molar-refractivity contribution in [1.82, 2.24) is 14.5 Å². The summed E-state index contributed by atoms with van der Waals surface area (Å²) < 4.78 is 14.8. The maximum atomic E-state index is 13.1. The molecule has 0 aliphatic heterocycles. The van der Waals surface area contributed by atoms with Crippen LogP contribution >= 0.6 is 11.8 Å². The largest absolute Gasteiger partial charge is 0.349 e. The quantitative estimate of drug-likeness (QED) is 0.353. The van der Waals surface area contributed by atoms with E-state index in [9.17, 15) is 14.0 Å². The van der Waals surface area contributed by atoms with E-state index in [0.717, 1.165) is 42.6 Å². The highest BCUT2D eigenvalue weighted by molar-refractivity contribution is 8.00. The summed E-state index contributed by atoms with van der Waals surface area (Å²) in [5, 5.41) is 0.637. The first-order valence-electron chi connectivity index (χ1n) is 9.56. The Morgan fingerprint density at radius 1 is 1.10 bits per heavy atom. The van der Waals surface area contributed by atoms with E-state index in [0.29, 0.717) is 17.1 Å². The van der Waals surface area contributed by atoms with E-state index in [1.165, 1.54) is 36.0 Å². The fraction of sp³-hybridized carbons (Fsp3) is 0.273. The number of thioether (sulfide) groups is 1. The van der Waals surface area contributed by atoms with Crippen LogP contribution in [0.15, 0.2) is 58.5 Å². The topological polar surface area (TPSA) is 64.8 Å². The molecule has 5 nitrogen and oxygen atoms in total. The van der Waals surface area contributed by atoms with Gasteiger partial charge in [-0.2, -0.15) is 4.98 Å². The monoisotopic (exact) mass is 409 g/mol. The first-order valence-corrected chi connectivity index (χ1v) is 10.5. The highest BCUT2D eigenvalue weighted by Crippen LogP contribution is 2.29. The van der Waals surface area contributed by atoms with Crippen LogP contribution in [0.25, 0.3) is 0 Å². The van der Waals surface area contributed by atoms with E-state index in [1.807, 2.05) is 18.2 Å². The minimum absolute atomic E-state index is 0.112. The van der Waals surface area contributed by atoms with Crippen LogP contribution in [-0.2, 0) is 19.4 Å². The van der Waals surface area contributed by atoms with Gasteiger partial charge in [0, 0.05) is 23.0 Å². The van der Waals surface area contributed by atoms with Gasteiger partial charge >= 0.3 is 5.69 Å². The van der Waals surface area contributed by atoms with Gasteiger partial charge in [-0.3, -0.25) is 14.3 Å². The van der Waals surface area contributed by atoms with Gasteiger partial charge in [0.2, 0.25) is 0 Å². The SMILES string of the molecule is O=C(CSc1nc(=O)n(Cc2ccccn2)c2c1CCCC2)c1ccc(F)cc1. The molecule has 0 saturated carbocycles. The Morgan fingerprint density at radius 2 is 1.90 bits per heavy atom. The maximum Gasteiger partial charge on any atom is 0.349 e. The minimum atomic E-state index is -0.374. The Bertz CT molecular complexity index is 1080. The van der Waals surface area contributed by atoms with E-state index < -0.39 is 0 Å². The molecule has 0 amide bonds. The molecule has 2 aromatic heterocycles. The predicted molar refractivity (Wildman–Crippen MR) is 110 cm³/mol. The lowest BCUT2D eigenvalue weighted by Gasteiger charge is -2.22. The van der Waals surface area contributed by atoms with E-state index in [-0.39, 0.29) is 23.0 Å². The number of fused-ring (bicyclic) bond motifs is 1. The van der Waals surface area contributed by atoms with Gasteiger partial charge in [0.15, 0.2) is 5.78 Å². The molecule has 0 fully saturated rings.